The number of nitrogens with one attached hydrogen (secondary N) is 1. The summed E-state index contributed by atoms with van der Waals surface area (Å²) in [6.45, 7) is 1.69. The molecule has 1 saturated heterocycles. The molecule has 0 aliphatic carbocycles. The van der Waals surface area contributed by atoms with E-state index >= 15 is 0 Å². The van der Waals surface area contributed by atoms with Crippen molar-refractivity contribution in [3.05, 3.63) is 45.4 Å². The highest BCUT2D eigenvalue weighted by Crippen LogP contribution is 2.48. The summed E-state index contributed by atoms with van der Waals surface area (Å²) in [6, 6.07) is 1.91. The summed E-state index contributed by atoms with van der Waals surface area (Å²) in [5, 5.41) is 45.4. The second kappa shape index (κ2) is 12.7. The Hall–Kier alpha value is -5.48. The van der Waals surface area contributed by atoms with Gasteiger partial charge in [0.15, 0.2) is 39.1 Å². The van der Waals surface area contributed by atoms with Crippen molar-refractivity contribution in [3.63, 3.8) is 0 Å². The summed E-state index contributed by atoms with van der Waals surface area (Å²) >= 11 is 2.95. The first-order chi connectivity index (χ1) is 22.2. The van der Waals surface area contributed by atoms with Crippen molar-refractivity contribution in [3.8, 4) is 11.5 Å². The summed E-state index contributed by atoms with van der Waals surface area (Å²) in [7, 11) is 0. The lowest BCUT2D eigenvalue weighted by Gasteiger charge is -2.50. The van der Waals surface area contributed by atoms with Gasteiger partial charge in [0.25, 0.3) is 11.8 Å². The van der Waals surface area contributed by atoms with Crippen LogP contribution in [0.3, 0.4) is 0 Å². The van der Waals surface area contributed by atoms with Gasteiger partial charge in [-0.05, 0) is 19.1 Å². The molecule has 0 spiro atoms. The minimum absolute atomic E-state index is 0.0113. The number of hydrogen-bond donors (Lipinski definition) is 9. The second-order valence-corrected chi connectivity index (χ2v) is 13.1. The number of nitrogen functional groups attached to an aromatic ring is 4. The summed E-state index contributed by atoms with van der Waals surface area (Å²) < 4.78 is 0. The van der Waals surface area contributed by atoms with Crippen molar-refractivity contribution in [1.82, 2.24) is 25.2 Å². The first-order valence-electron chi connectivity index (χ1n) is 13.0. The molecule has 2 aliphatic heterocycles. The highest BCUT2D eigenvalue weighted by atomic mass is 32.2. The fourth-order valence-corrected chi connectivity index (χ4v) is 7.51. The number of rotatable bonds is 10. The molecule has 2 aromatic heterocycles. The van der Waals surface area contributed by atoms with Gasteiger partial charge in [-0.2, -0.15) is 0 Å². The first-order valence-corrected chi connectivity index (χ1v) is 15.6. The van der Waals surface area contributed by atoms with Crippen LogP contribution in [0.2, 0.25) is 0 Å². The Kier molecular flexibility index (Phi) is 8.91. The van der Waals surface area contributed by atoms with Crippen molar-refractivity contribution in [2.45, 2.75) is 34.8 Å². The number of oxime groups is 1. The third-order valence-corrected chi connectivity index (χ3v) is 10.0. The molecule has 2 amide bonds. The highest BCUT2D eigenvalue weighted by Gasteiger charge is 2.56. The Morgan fingerprint density at radius 3 is 2.34 bits per heavy atom. The number of β-lactam (4-membered cyclic amide) rings is 1. The number of carbonyl (C=O) groups excluding carboxylic acids is 2. The molecule has 246 valence electrons. The Bertz CT molecular complexity index is 1860. The van der Waals surface area contributed by atoms with Crippen LogP contribution in [-0.4, -0.2) is 86.4 Å². The molecule has 0 bridgehead atoms. The molecule has 4 atom stereocenters. The second-order valence-electron chi connectivity index (χ2n) is 9.72. The molecule has 0 radical (unpaired) electrons. The van der Waals surface area contributed by atoms with Crippen LogP contribution >= 0.6 is 34.9 Å². The lowest BCUT2D eigenvalue weighted by molar-refractivity contribution is -0.151. The van der Waals surface area contributed by atoms with E-state index in [0.29, 0.717) is 0 Å². The number of nitrogens with two attached hydrogens (primary N) is 4. The molecular weight excluding hydrogens is 681 g/mol. The van der Waals surface area contributed by atoms with Gasteiger partial charge in [-0.15, -0.1) is 23.1 Å². The lowest BCUT2D eigenvalue weighted by Crippen LogP contribution is -2.71. The molecule has 4 heterocycles. The van der Waals surface area contributed by atoms with E-state index in [1.807, 2.05) is 0 Å². The summed E-state index contributed by atoms with van der Waals surface area (Å²) in [5.74, 6) is -6.09. The van der Waals surface area contributed by atoms with Gasteiger partial charge < -0.3 is 53.5 Å². The van der Waals surface area contributed by atoms with Gasteiger partial charge >= 0.3 is 11.9 Å². The standard InChI is InChI=1S/C25H24N10O9S3/c1-6-16(47-25-32-17(27)11(26)18(28)33-25)14(22(40)41)35-20(39)13(21(35)46-6)31-19(38)12(8-5-45-24(29)30-8)34-44-15(23(42)43)7-2-3-9(36)10(37)4-7/h2-6,13,15,21,36-37H,26H2,1H3,(H2,29,30)(H,31,38)(H,40,41)(H,42,43)(H4,27,28,32,33)/b34-12-/t6?,13?,15-,21+/m0/s1. The minimum Gasteiger partial charge on any atom is -0.504 e. The normalized spacial score (nSPS) is 19.9. The van der Waals surface area contributed by atoms with Crippen LogP contribution in [0, 0.1) is 0 Å². The van der Waals surface area contributed by atoms with Crippen LogP contribution < -0.4 is 28.3 Å². The smallest absolute Gasteiger partial charge is 0.353 e. The van der Waals surface area contributed by atoms with E-state index in [1.165, 1.54) is 5.38 Å². The molecule has 1 aromatic carbocycles. The SMILES string of the molecule is CC1S[C@@H]2C(NC(=O)/C(=N\O[C@H](C(=O)O)c3ccc(O)c(O)c3)c3csc(N)n3)C(=O)N2C(C(=O)O)=C1Sc1nc(N)c(N)c(N)n1. The number of carboxylic acid groups (broad SMARTS) is 2. The van der Waals surface area contributed by atoms with E-state index in [0.717, 1.165) is 58.0 Å². The number of carboxylic acids is 2. The number of aromatic nitrogens is 3. The van der Waals surface area contributed by atoms with Crippen molar-refractivity contribution >= 4 is 86.8 Å². The van der Waals surface area contributed by atoms with Gasteiger partial charge in [-0.1, -0.05) is 23.0 Å². The fourth-order valence-electron chi connectivity index (χ4n) is 4.39. The van der Waals surface area contributed by atoms with Crippen molar-refractivity contribution in [1.29, 1.82) is 0 Å². The van der Waals surface area contributed by atoms with E-state index in [1.54, 1.807) is 6.92 Å². The molecule has 0 saturated carbocycles. The van der Waals surface area contributed by atoms with Gasteiger partial charge in [0.1, 0.15) is 28.5 Å². The fraction of sp³-hybridized carbons (Fsp3) is 0.200. The zero-order valence-corrected chi connectivity index (χ0v) is 26.2. The van der Waals surface area contributed by atoms with Crippen molar-refractivity contribution in [2.24, 2.45) is 5.16 Å². The van der Waals surface area contributed by atoms with E-state index in [9.17, 15) is 39.6 Å². The molecule has 22 heteroatoms. The van der Waals surface area contributed by atoms with Gasteiger partial charge in [0, 0.05) is 21.1 Å². The van der Waals surface area contributed by atoms with Crippen molar-refractivity contribution < 1.29 is 44.4 Å². The van der Waals surface area contributed by atoms with Crippen LogP contribution in [0.5, 0.6) is 11.5 Å². The minimum atomic E-state index is -1.84. The van der Waals surface area contributed by atoms with Crippen LogP contribution in [0.15, 0.2) is 44.5 Å². The largest absolute Gasteiger partial charge is 0.504 e. The molecule has 1 fully saturated rings. The molecule has 47 heavy (non-hydrogen) atoms. The van der Waals surface area contributed by atoms with E-state index < -0.39 is 63.7 Å². The van der Waals surface area contributed by atoms with Crippen LogP contribution in [-0.2, 0) is 24.0 Å². The molecule has 2 aliphatic rings. The number of nitrogens with zero attached hydrogens (tertiary/aromatic N) is 5. The number of phenolic OH excluding ortho intramolecular Hbond substituents is 2. The number of thioether (sulfide) groups is 2. The number of hydrogen-bond acceptors (Lipinski definition) is 18. The maximum Gasteiger partial charge on any atom is 0.353 e. The number of amides is 2. The van der Waals surface area contributed by atoms with Crippen LogP contribution in [0.25, 0.3) is 0 Å². The Balaban J connectivity index is 1.41. The number of phenols is 2. The summed E-state index contributed by atoms with van der Waals surface area (Å²) in [5.41, 5.74) is 21.8. The number of carbonyl (C=O) groups is 4. The maximum atomic E-state index is 13.5. The predicted octanol–water partition coefficient (Wildman–Crippen LogP) is 0.0966. The van der Waals surface area contributed by atoms with Crippen LogP contribution in [0.1, 0.15) is 24.3 Å². The van der Waals surface area contributed by atoms with E-state index in [2.05, 4.69) is 25.4 Å². The Labute approximate surface area is 275 Å². The van der Waals surface area contributed by atoms with Gasteiger partial charge in [-0.3, -0.25) is 14.5 Å². The number of anilines is 4. The number of benzene rings is 1. The summed E-state index contributed by atoms with van der Waals surface area (Å²) in [6.07, 6.45) is -1.84. The first kappa shape index (κ1) is 32.9. The molecular formula is C25H24N10O9S3. The molecule has 3 aromatic rings. The average molecular weight is 705 g/mol. The monoisotopic (exact) mass is 704 g/mol. The van der Waals surface area contributed by atoms with Crippen molar-refractivity contribution in [2.75, 3.05) is 22.9 Å². The summed E-state index contributed by atoms with van der Waals surface area (Å²) in [4.78, 5) is 69.7. The number of aliphatic carboxylic acids is 2. The number of thiazole rings is 1. The van der Waals surface area contributed by atoms with Gasteiger partial charge in [-0.25, -0.2) is 24.5 Å². The topological polar surface area (TPSA) is 329 Å². The predicted molar refractivity (Wildman–Crippen MR) is 170 cm³/mol. The van der Waals surface area contributed by atoms with Gasteiger partial charge in [0.05, 0.1) is 0 Å². The highest BCUT2D eigenvalue weighted by molar-refractivity contribution is 8.06. The zero-order chi connectivity index (χ0) is 34.3. The maximum absolute atomic E-state index is 13.5. The molecule has 5 rings (SSSR count). The Morgan fingerprint density at radius 2 is 1.77 bits per heavy atom. The molecule has 19 nitrogen and oxygen atoms in total. The lowest BCUT2D eigenvalue weighted by atomic mass is 10.0. The van der Waals surface area contributed by atoms with Crippen LogP contribution in [0.4, 0.5) is 22.5 Å². The number of aromatic hydroxyl groups is 2. The Morgan fingerprint density at radius 1 is 1.09 bits per heavy atom. The third kappa shape index (κ3) is 6.32. The third-order valence-electron chi connectivity index (χ3n) is 6.66. The van der Waals surface area contributed by atoms with Gasteiger partial charge in [0.2, 0.25) is 6.10 Å². The quantitative estimate of drug-likeness (QED) is 0.0444. The van der Waals surface area contributed by atoms with E-state index in [4.69, 9.17) is 27.8 Å². The van der Waals surface area contributed by atoms with E-state index in [-0.39, 0.29) is 49.5 Å². The molecule has 2 unspecified atom stereocenters. The zero-order valence-electron chi connectivity index (χ0n) is 23.7. The average Bonchev–Trinajstić information content (AvgIpc) is 3.44. The number of fused-ring (bicyclic) bond motifs is 1. The molecule has 13 N–H and O–H groups in total.